The van der Waals surface area contributed by atoms with Gasteiger partial charge in [0.2, 0.25) is 15.9 Å². The normalized spacial score (nSPS) is 16.1. The Morgan fingerprint density at radius 2 is 1.86 bits per heavy atom. The second kappa shape index (κ2) is 8.08. The molecule has 152 valence electrons. The summed E-state index contributed by atoms with van der Waals surface area (Å²) >= 11 is 13.6. The lowest BCUT2D eigenvalue weighted by molar-refractivity contribution is -0.127. The number of benzene rings is 1. The number of aromatic nitrogens is 2. The zero-order chi connectivity index (χ0) is 20.6. The van der Waals surface area contributed by atoms with Crippen LogP contribution in [-0.2, 0) is 14.8 Å². The van der Waals surface area contributed by atoms with Gasteiger partial charge in [-0.3, -0.25) is 9.20 Å². The predicted octanol–water partition coefficient (Wildman–Crippen LogP) is 3.25. The summed E-state index contributed by atoms with van der Waals surface area (Å²) in [6.45, 7) is 0.992. The van der Waals surface area contributed by atoms with Gasteiger partial charge in [0.15, 0.2) is 10.1 Å². The van der Waals surface area contributed by atoms with Gasteiger partial charge in [-0.05, 0) is 18.2 Å². The van der Waals surface area contributed by atoms with E-state index in [-0.39, 0.29) is 28.9 Å². The molecule has 1 aromatic carbocycles. The third-order valence-electron chi connectivity index (χ3n) is 4.64. The number of piperazine rings is 1. The highest BCUT2D eigenvalue weighted by atomic mass is 35.5. The van der Waals surface area contributed by atoms with E-state index in [9.17, 15) is 13.2 Å². The average molecular weight is 471 g/mol. The Labute approximate surface area is 181 Å². The van der Waals surface area contributed by atoms with Gasteiger partial charge in [0.1, 0.15) is 4.90 Å². The molecule has 1 aliphatic heterocycles. The third kappa shape index (κ3) is 3.93. The number of rotatable bonds is 4. The molecule has 1 aliphatic rings. The standard InChI is InChI=1S/C18H16Cl2N4O3S2/c19-13-3-1-2-4-15(13)29(26,27)23-9-7-22(8-10-23)16(25)6-5-14-17(20)21-18-24(14)11-12-28-18/h1-6,11-12H,7-10H2/b6-5+. The first-order valence-electron chi connectivity index (χ1n) is 8.70. The molecule has 1 fully saturated rings. The van der Waals surface area contributed by atoms with Crippen molar-refractivity contribution in [3.8, 4) is 0 Å². The van der Waals surface area contributed by atoms with Crippen molar-refractivity contribution in [2.45, 2.75) is 4.90 Å². The average Bonchev–Trinajstić information content (AvgIpc) is 3.27. The van der Waals surface area contributed by atoms with E-state index in [1.54, 1.807) is 29.2 Å². The number of carbonyl (C=O) groups is 1. The van der Waals surface area contributed by atoms with Gasteiger partial charge in [-0.1, -0.05) is 35.3 Å². The minimum atomic E-state index is -3.70. The van der Waals surface area contributed by atoms with Crippen LogP contribution < -0.4 is 0 Å². The van der Waals surface area contributed by atoms with Gasteiger partial charge in [0.05, 0.1) is 10.7 Å². The van der Waals surface area contributed by atoms with Crippen molar-refractivity contribution in [3.05, 3.63) is 57.8 Å². The van der Waals surface area contributed by atoms with Crippen molar-refractivity contribution >= 4 is 61.5 Å². The Morgan fingerprint density at radius 1 is 1.14 bits per heavy atom. The molecule has 11 heteroatoms. The number of imidazole rings is 1. The number of amides is 1. The highest BCUT2D eigenvalue weighted by Crippen LogP contribution is 2.25. The van der Waals surface area contributed by atoms with Crippen LogP contribution >= 0.6 is 34.5 Å². The molecule has 0 saturated carbocycles. The molecule has 29 heavy (non-hydrogen) atoms. The summed E-state index contributed by atoms with van der Waals surface area (Å²) in [7, 11) is -3.70. The Balaban J connectivity index is 1.43. The van der Waals surface area contributed by atoms with E-state index in [1.807, 2.05) is 16.0 Å². The maximum Gasteiger partial charge on any atom is 0.246 e. The van der Waals surface area contributed by atoms with Crippen LogP contribution in [0.1, 0.15) is 5.69 Å². The van der Waals surface area contributed by atoms with Crippen molar-refractivity contribution < 1.29 is 13.2 Å². The van der Waals surface area contributed by atoms with E-state index in [2.05, 4.69) is 4.98 Å². The van der Waals surface area contributed by atoms with E-state index in [0.29, 0.717) is 23.9 Å². The molecule has 3 heterocycles. The maximum absolute atomic E-state index is 12.8. The van der Waals surface area contributed by atoms with E-state index in [4.69, 9.17) is 23.2 Å². The second-order valence-corrected chi connectivity index (χ2v) is 9.88. The largest absolute Gasteiger partial charge is 0.337 e. The van der Waals surface area contributed by atoms with Crippen LogP contribution in [-0.4, -0.2) is 59.1 Å². The first kappa shape index (κ1) is 20.4. The molecule has 0 N–H and O–H groups in total. The number of hydrogen-bond donors (Lipinski definition) is 0. The molecule has 0 aliphatic carbocycles. The van der Waals surface area contributed by atoms with Crippen LogP contribution in [0, 0.1) is 0 Å². The summed E-state index contributed by atoms with van der Waals surface area (Å²) in [5.41, 5.74) is 0.635. The van der Waals surface area contributed by atoms with E-state index in [1.165, 1.54) is 27.8 Å². The second-order valence-electron chi connectivity index (χ2n) is 6.34. The third-order valence-corrected chi connectivity index (χ3v) is 8.08. The molecule has 3 aromatic rings. The molecule has 4 rings (SSSR count). The van der Waals surface area contributed by atoms with E-state index >= 15 is 0 Å². The smallest absolute Gasteiger partial charge is 0.246 e. The Kier molecular flexibility index (Phi) is 5.67. The molecule has 0 bridgehead atoms. The van der Waals surface area contributed by atoms with E-state index < -0.39 is 10.0 Å². The molecular formula is C18H16Cl2N4O3S2. The number of sulfonamides is 1. The fourth-order valence-corrected chi connectivity index (χ4v) is 6.04. The van der Waals surface area contributed by atoms with Crippen LogP contribution in [0.5, 0.6) is 0 Å². The van der Waals surface area contributed by atoms with Crippen molar-refractivity contribution in [3.63, 3.8) is 0 Å². The zero-order valence-electron chi connectivity index (χ0n) is 15.0. The molecule has 0 unspecified atom stereocenters. The van der Waals surface area contributed by atoms with Crippen LogP contribution in [0.15, 0.2) is 46.8 Å². The molecule has 0 spiro atoms. The summed E-state index contributed by atoms with van der Waals surface area (Å²) in [6, 6.07) is 6.35. The minimum absolute atomic E-state index is 0.0801. The van der Waals surface area contributed by atoms with Crippen LogP contribution in [0.25, 0.3) is 11.0 Å². The Morgan fingerprint density at radius 3 is 2.59 bits per heavy atom. The fourth-order valence-electron chi connectivity index (χ4n) is 3.12. The number of hydrogen-bond acceptors (Lipinski definition) is 5. The predicted molar refractivity (Wildman–Crippen MR) is 114 cm³/mol. The van der Waals surface area contributed by atoms with E-state index in [0.717, 1.165) is 4.96 Å². The summed E-state index contributed by atoms with van der Waals surface area (Å²) in [5.74, 6) is -0.207. The van der Waals surface area contributed by atoms with Crippen molar-refractivity contribution in [1.29, 1.82) is 0 Å². The van der Waals surface area contributed by atoms with Crippen molar-refractivity contribution in [1.82, 2.24) is 18.6 Å². The lowest BCUT2D eigenvalue weighted by Crippen LogP contribution is -2.50. The van der Waals surface area contributed by atoms with Crippen molar-refractivity contribution in [2.24, 2.45) is 0 Å². The quantitative estimate of drug-likeness (QED) is 0.548. The van der Waals surface area contributed by atoms with Gasteiger partial charge in [0, 0.05) is 43.8 Å². The molecule has 2 aromatic heterocycles. The first-order chi connectivity index (χ1) is 13.9. The summed E-state index contributed by atoms with van der Waals surface area (Å²) in [6.07, 6.45) is 4.90. The fraction of sp³-hybridized carbons (Fsp3) is 0.222. The Hall–Kier alpha value is -1.91. The summed E-state index contributed by atoms with van der Waals surface area (Å²) in [5, 5.41) is 2.40. The van der Waals surface area contributed by atoms with Gasteiger partial charge in [-0.25, -0.2) is 13.4 Å². The zero-order valence-corrected chi connectivity index (χ0v) is 18.2. The molecule has 7 nitrogen and oxygen atoms in total. The highest BCUT2D eigenvalue weighted by Gasteiger charge is 2.30. The monoisotopic (exact) mass is 470 g/mol. The van der Waals surface area contributed by atoms with Gasteiger partial charge in [0.25, 0.3) is 0 Å². The first-order valence-corrected chi connectivity index (χ1v) is 11.8. The molecule has 0 atom stereocenters. The number of thiazole rings is 1. The van der Waals surface area contributed by atoms with Gasteiger partial charge < -0.3 is 4.90 Å². The Bertz CT molecular complexity index is 1190. The van der Waals surface area contributed by atoms with Gasteiger partial charge >= 0.3 is 0 Å². The molecular weight excluding hydrogens is 455 g/mol. The number of carbonyl (C=O) groups excluding carboxylic acids is 1. The number of halogens is 2. The SMILES string of the molecule is O=C(/C=C/c1c(Cl)nc2sccn12)N1CCN(S(=O)(=O)c2ccccc2Cl)CC1. The van der Waals surface area contributed by atoms with Crippen LogP contribution in [0.3, 0.4) is 0 Å². The van der Waals surface area contributed by atoms with Crippen LogP contribution in [0.2, 0.25) is 10.2 Å². The van der Waals surface area contributed by atoms with Gasteiger partial charge in [-0.15, -0.1) is 11.3 Å². The van der Waals surface area contributed by atoms with Crippen molar-refractivity contribution in [2.75, 3.05) is 26.2 Å². The topological polar surface area (TPSA) is 75.0 Å². The molecule has 1 saturated heterocycles. The number of fused-ring (bicyclic) bond motifs is 1. The maximum atomic E-state index is 12.8. The minimum Gasteiger partial charge on any atom is -0.337 e. The number of nitrogens with zero attached hydrogens (tertiary/aromatic N) is 4. The summed E-state index contributed by atoms with van der Waals surface area (Å²) in [4.78, 5) is 19.2. The van der Waals surface area contributed by atoms with Crippen LogP contribution in [0.4, 0.5) is 0 Å². The lowest BCUT2D eigenvalue weighted by atomic mass is 10.3. The molecule has 1 amide bonds. The summed E-state index contributed by atoms with van der Waals surface area (Å²) < 4.78 is 28.8. The van der Waals surface area contributed by atoms with Gasteiger partial charge in [-0.2, -0.15) is 4.31 Å². The lowest BCUT2D eigenvalue weighted by Gasteiger charge is -2.33. The highest BCUT2D eigenvalue weighted by molar-refractivity contribution is 7.89. The molecule has 0 radical (unpaired) electrons.